The molecule has 0 atom stereocenters. The molecule has 0 saturated heterocycles. The van der Waals surface area contributed by atoms with Crippen molar-refractivity contribution in [1.82, 2.24) is 18.3 Å². The van der Waals surface area contributed by atoms with E-state index in [4.69, 9.17) is 0 Å². The van der Waals surface area contributed by atoms with Crippen molar-refractivity contribution >= 4 is 5.78 Å². The zero-order valence-corrected chi connectivity index (χ0v) is 15.2. The number of hydrogen-bond donors (Lipinski definition) is 0. The molecule has 0 aromatic carbocycles. The van der Waals surface area contributed by atoms with Gasteiger partial charge in [0, 0.05) is 24.0 Å². The normalized spacial score (nSPS) is 10.7. The Kier molecular flexibility index (Phi) is 5.44. The summed E-state index contributed by atoms with van der Waals surface area (Å²) in [5.74, 6) is -0.376. The van der Waals surface area contributed by atoms with Gasteiger partial charge in [-0.15, -0.1) is 13.2 Å². The molecule has 0 amide bonds. The zero-order chi connectivity index (χ0) is 19.6. The number of carbonyl (C=O) groups excluding carboxylic acids is 1. The standard InChI is InChI=1S/C18H22N4O4/c1-6-8-20-16(24)21(9-7-2)18(26)22(17(20)25)11-15(23)14-10-12(3)19(5)13(14)4/h6-7,10H,1-2,8-9,11H2,3-5H3. The van der Waals surface area contributed by atoms with Gasteiger partial charge in [-0.05, 0) is 19.9 Å². The van der Waals surface area contributed by atoms with Gasteiger partial charge in [0.1, 0.15) is 0 Å². The summed E-state index contributed by atoms with van der Waals surface area (Å²) < 4.78 is 4.37. The number of aromatic nitrogens is 4. The van der Waals surface area contributed by atoms with Gasteiger partial charge >= 0.3 is 17.1 Å². The molecule has 2 aromatic rings. The Labute approximate surface area is 149 Å². The van der Waals surface area contributed by atoms with Crippen LogP contribution in [-0.4, -0.2) is 24.1 Å². The third kappa shape index (κ3) is 3.17. The third-order valence-electron chi connectivity index (χ3n) is 4.39. The number of carbonyl (C=O) groups is 1. The summed E-state index contributed by atoms with van der Waals surface area (Å²) in [7, 11) is 1.83. The summed E-state index contributed by atoms with van der Waals surface area (Å²) in [4.78, 5) is 50.1. The highest BCUT2D eigenvalue weighted by Gasteiger charge is 2.19. The van der Waals surface area contributed by atoms with Crippen LogP contribution in [0.2, 0.25) is 0 Å². The van der Waals surface area contributed by atoms with Crippen LogP contribution in [0, 0.1) is 13.8 Å². The van der Waals surface area contributed by atoms with Gasteiger partial charge in [0.15, 0.2) is 5.78 Å². The summed E-state index contributed by atoms with van der Waals surface area (Å²) in [5, 5.41) is 0. The summed E-state index contributed by atoms with van der Waals surface area (Å²) in [5.41, 5.74) is -0.355. The fourth-order valence-electron chi connectivity index (χ4n) is 2.75. The molecule has 2 rings (SSSR count). The van der Waals surface area contributed by atoms with Gasteiger partial charge in [-0.2, -0.15) is 0 Å². The van der Waals surface area contributed by atoms with Gasteiger partial charge in [-0.3, -0.25) is 4.79 Å². The summed E-state index contributed by atoms with van der Waals surface area (Å²) in [6.45, 7) is 10.1. The second kappa shape index (κ2) is 7.38. The van der Waals surface area contributed by atoms with E-state index in [9.17, 15) is 19.2 Å². The van der Waals surface area contributed by atoms with E-state index in [0.29, 0.717) is 5.56 Å². The molecule has 0 aliphatic rings. The monoisotopic (exact) mass is 358 g/mol. The van der Waals surface area contributed by atoms with E-state index in [-0.39, 0.29) is 18.9 Å². The van der Waals surface area contributed by atoms with Crippen molar-refractivity contribution in [2.24, 2.45) is 7.05 Å². The van der Waals surface area contributed by atoms with E-state index in [1.54, 1.807) is 13.0 Å². The first-order valence-electron chi connectivity index (χ1n) is 8.07. The first-order chi connectivity index (χ1) is 12.2. The molecule has 0 spiro atoms. The second-order valence-corrected chi connectivity index (χ2v) is 6.00. The molecule has 0 unspecified atom stereocenters. The molecule has 0 fully saturated rings. The average Bonchev–Trinajstić information content (AvgIpc) is 2.86. The largest absolute Gasteiger partial charge is 0.351 e. The van der Waals surface area contributed by atoms with Crippen LogP contribution in [0.5, 0.6) is 0 Å². The zero-order valence-electron chi connectivity index (χ0n) is 15.2. The molecule has 2 aromatic heterocycles. The molecule has 0 aliphatic carbocycles. The number of allylic oxidation sites excluding steroid dienone is 2. The Morgan fingerprint density at radius 2 is 1.42 bits per heavy atom. The maximum absolute atomic E-state index is 12.7. The molecule has 138 valence electrons. The highest BCUT2D eigenvalue weighted by Crippen LogP contribution is 2.14. The molecule has 0 N–H and O–H groups in total. The fraction of sp³-hybridized carbons (Fsp3) is 0.333. The highest BCUT2D eigenvalue weighted by molar-refractivity contribution is 5.97. The average molecular weight is 358 g/mol. The molecular weight excluding hydrogens is 336 g/mol. The molecule has 8 nitrogen and oxygen atoms in total. The lowest BCUT2D eigenvalue weighted by molar-refractivity contribution is 0.0966. The minimum absolute atomic E-state index is 0.0627. The number of Topliss-reactive ketones (excluding diaryl/α,β-unsaturated/α-hetero) is 1. The van der Waals surface area contributed by atoms with Crippen molar-refractivity contribution in [2.75, 3.05) is 0 Å². The van der Waals surface area contributed by atoms with E-state index in [1.165, 1.54) is 12.2 Å². The fourth-order valence-corrected chi connectivity index (χ4v) is 2.75. The number of aryl methyl sites for hydroxylation is 1. The van der Waals surface area contributed by atoms with Crippen LogP contribution in [-0.2, 0) is 26.7 Å². The summed E-state index contributed by atoms with van der Waals surface area (Å²) in [6, 6.07) is 1.71. The van der Waals surface area contributed by atoms with Crippen LogP contribution < -0.4 is 17.1 Å². The number of hydrogen-bond acceptors (Lipinski definition) is 4. The lowest BCUT2D eigenvalue weighted by Crippen LogP contribution is -2.55. The SMILES string of the molecule is C=CCn1c(=O)n(CC=C)c(=O)n(CC(=O)c2cc(C)n(C)c2C)c1=O. The molecule has 0 aliphatic heterocycles. The van der Waals surface area contributed by atoms with Crippen LogP contribution in [0.1, 0.15) is 21.7 Å². The number of rotatable bonds is 7. The van der Waals surface area contributed by atoms with E-state index in [0.717, 1.165) is 25.1 Å². The molecule has 0 bridgehead atoms. The lowest BCUT2D eigenvalue weighted by atomic mass is 10.1. The van der Waals surface area contributed by atoms with Crippen LogP contribution in [0.4, 0.5) is 0 Å². The van der Waals surface area contributed by atoms with Gasteiger partial charge in [-0.25, -0.2) is 28.1 Å². The van der Waals surface area contributed by atoms with Crippen molar-refractivity contribution in [2.45, 2.75) is 33.5 Å². The Hall–Kier alpha value is -3.16. The Morgan fingerprint density at radius 1 is 0.962 bits per heavy atom. The third-order valence-corrected chi connectivity index (χ3v) is 4.39. The Balaban J connectivity index is 2.63. The number of nitrogens with zero attached hydrogens (tertiary/aromatic N) is 4. The predicted octanol–water partition coefficient (Wildman–Crippen LogP) is 0.382. The van der Waals surface area contributed by atoms with Gasteiger partial charge < -0.3 is 4.57 Å². The van der Waals surface area contributed by atoms with E-state index >= 15 is 0 Å². The van der Waals surface area contributed by atoms with Crippen molar-refractivity contribution in [3.05, 3.63) is 79.8 Å². The van der Waals surface area contributed by atoms with Crippen molar-refractivity contribution in [1.29, 1.82) is 0 Å². The second-order valence-electron chi connectivity index (χ2n) is 6.00. The summed E-state index contributed by atoms with van der Waals surface area (Å²) >= 11 is 0. The molecule has 2 heterocycles. The maximum Gasteiger partial charge on any atom is 0.337 e. The predicted molar refractivity (Wildman–Crippen MR) is 98.8 cm³/mol. The van der Waals surface area contributed by atoms with Crippen LogP contribution in [0.15, 0.2) is 45.8 Å². The van der Waals surface area contributed by atoms with E-state index < -0.39 is 23.6 Å². The molecular formula is C18H22N4O4. The summed E-state index contributed by atoms with van der Waals surface area (Å²) in [6.07, 6.45) is 2.75. The lowest BCUT2D eigenvalue weighted by Gasteiger charge is -2.11. The van der Waals surface area contributed by atoms with Crippen LogP contribution in [0.25, 0.3) is 0 Å². The van der Waals surface area contributed by atoms with Gasteiger partial charge in [0.2, 0.25) is 0 Å². The van der Waals surface area contributed by atoms with Crippen molar-refractivity contribution in [3.8, 4) is 0 Å². The minimum Gasteiger partial charge on any atom is -0.351 e. The maximum atomic E-state index is 12.7. The Morgan fingerprint density at radius 3 is 1.81 bits per heavy atom. The molecule has 8 heteroatoms. The van der Waals surface area contributed by atoms with Crippen molar-refractivity contribution in [3.63, 3.8) is 0 Å². The van der Waals surface area contributed by atoms with E-state index in [2.05, 4.69) is 13.2 Å². The molecule has 0 radical (unpaired) electrons. The first-order valence-corrected chi connectivity index (χ1v) is 8.07. The van der Waals surface area contributed by atoms with Gasteiger partial charge in [0.25, 0.3) is 0 Å². The smallest absolute Gasteiger partial charge is 0.337 e. The van der Waals surface area contributed by atoms with Gasteiger partial charge in [0.05, 0.1) is 19.6 Å². The quantitative estimate of drug-likeness (QED) is 0.529. The van der Waals surface area contributed by atoms with Crippen LogP contribution >= 0.6 is 0 Å². The highest BCUT2D eigenvalue weighted by atomic mass is 16.2. The van der Waals surface area contributed by atoms with E-state index in [1.807, 2.05) is 18.5 Å². The molecule has 26 heavy (non-hydrogen) atoms. The Bertz CT molecular complexity index is 1010. The topological polar surface area (TPSA) is 88.0 Å². The first kappa shape index (κ1) is 19.2. The van der Waals surface area contributed by atoms with Crippen molar-refractivity contribution < 1.29 is 4.79 Å². The van der Waals surface area contributed by atoms with Gasteiger partial charge in [-0.1, -0.05) is 12.2 Å². The molecule has 0 saturated carbocycles. The number of ketones is 1. The van der Waals surface area contributed by atoms with Crippen LogP contribution in [0.3, 0.4) is 0 Å². The minimum atomic E-state index is -0.834.